The molecule has 21 heavy (non-hydrogen) atoms. The van der Waals surface area contributed by atoms with Crippen molar-refractivity contribution < 1.29 is 30.8 Å². The van der Waals surface area contributed by atoms with Gasteiger partial charge in [0.25, 0.3) is 10.9 Å². The van der Waals surface area contributed by atoms with E-state index in [1.54, 1.807) is 0 Å². The number of terminal acetylenes is 1. The number of hydrogen-bond acceptors (Lipinski definition) is 3. The van der Waals surface area contributed by atoms with Crippen LogP contribution in [-0.2, 0) is 14.6 Å². The summed E-state index contributed by atoms with van der Waals surface area (Å²) in [7, 11) is -4.95. The Hall–Kier alpha value is -1.30. The Bertz CT molecular complexity index is 496. The highest BCUT2D eigenvalue weighted by Crippen LogP contribution is 2.30. The van der Waals surface area contributed by atoms with Crippen molar-refractivity contribution in [3.8, 4) is 12.3 Å². The van der Waals surface area contributed by atoms with Gasteiger partial charge in [-0.2, -0.15) is 13.2 Å². The number of unbranched alkanes of at least 4 members (excludes halogenated alkanes) is 3. The second-order valence-electron chi connectivity index (χ2n) is 4.54. The Kier molecular flexibility index (Phi) is 7.16. The first-order valence-corrected chi connectivity index (χ1v) is 7.83. The number of primary amides is 1. The summed E-state index contributed by atoms with van der Waals surface area (Å²) in [6.07, 6.45) is -1.06. The van der Waals surface area contributed by atoms with Gasteiger partial charge in [0, 0.05) is 12.8 Å². The lowest BCUT2D eigenvalue weighted by Crippen LogP contribution is -2.48. The maximum Gasteiger partial charge on any atom is 0.390 e. The van der Waals surface area contributed by atoms with E-state index in [4.69, 9.17) is 12.2 Å². The molecule has 0 heterocycles. The summed E-state index contributed by atoms with van der Waals surface area (Å²) in [6.45, 7) is 0. The summed E-state index contributed by atoms with van der Waals surface area (Å²) in [5.41, 5.74) is 4.73. The quantitative estimate of drug-likeness (QED) is 0.399. The number of carbonyl (C=O) groups excluding carboxylic acids is 1. The summed E-state index contributed by atoms with van der Waals surface area (Å²) < 4.78 is 73.7. The van der Waals surface area contributed by atoms with Gasteiger partial charge < -0.3 is 5.73 Å². The van der Waals surface area contributed by atoms with Crippen LogP contribution in [0.1, 0.15) is 38.5 Å². The summed E-state index contributed by atoms with van der Waals surface area (Å²) in [5.74, 6) is -0.977. The lowest BCUT2D eigenvalue weighted by atomic mass is 10.1. The average molecular weight is 331 g/mol. The van der Waals surface area contributed by atoms with Crippen molar-refractivity contribution in [3.05, 3.63) is 0 Å². The molecule has 0 aliphatic rings. The van der Waals surface area contributed by atoms with Gasteiger partial charge >= 0.3 is 6.18 Å². The predicted octanol–water partition coefficient (Wildman–Crippen LogP) is 2.09. The molecule has 0 saturated heterocycles. The van der Waals surface area contributed by atoms with E-state index < -0.39 is 45.5 Å². The molecule has 0 aromatic rings. The Labute approximate surface area is 121 Å². The molecule has 2 N–H and O–H groups in total. The maximum atomic E-state index is 14.3. The molecular formula is C12H17F4NO3S. The van der Waals surface area contributed by atoms with Crippen molar-refractivity contribution in [3.63, 3.8) is 0 Å². The molecule has 0 aromatic heterocycles. The summed E-state index contributed by atoms with van der Waals surface area (Å²) in [4.78, 5) is 11.1. The molecule has 122 valence electrons. The number of hydrogen-bond donors (Lipinski definition) is 1. The van der Waals surface area contributed by atoms with E-state index in [0.29, 0.717) is 19.3 Å². The molecule has 0 fully saturated rings. The first-order valence-electron chi connectivity index (χ1n) is 6.17. The third kappa shape index (κ3) is 6.33. The number of sulfone groups is 1. The molecule has 0 bridgehead atoms. The third-order valence-electron chi connectivity index (χ3n) is 2.83. The van der Waals surface area contributed by atoms with E-state index in [0.717, 1.165) is 0 Å². The number of amides is 1. The summed E-state index contributed by atoms with van der Waals surface area (Å²) >= 11 is 0. The van der Waals surface area contributed by atoms with Crippen LogP contribution >= 0.6 is 0 Å². The number of halogens is 4. The molecule has 0 aliphatic carbocycles. The normalized spacial score (nSPS) is 15.2. The van der Waals surface area contributed by atoms with E-state index in [9.17, 15) is 30.8 Å². The van der Waals surface area contributed by atoms with Gasteiger partial charge in [-0.25, -0.2) is 12.8 Å². The summed E-state index contributed by atoms with van der Waals surface area (Å²) in [5, 5.41) is -3.48. The Morgan fingerprint density at radius 2 is 1.67 bits per heavy atom. The van der Waals surface area contributed by atoms with Gasteiger partial charge in [0.05, 0.1) is 12.2 Å². The molecule has 0 rings (SSSR count). The predicted molar refractivity (Wildman–Crippen MR) is 69.4 cm³/mol. The summed E-state index contributed by atoms with van der Waals surface area (Å²) in [6, 6.07) is 0. The minimum absolute atomic E-state index is 0.0215. The lowest BCUT2D eigenvalue weighted by molar-refractivity contribution is -0.131. The zero-order valence-electron chi connectivity index (χ0n) is 11.2. The number of carbonyl (C=O) groups is 1. The molecule has 0 aliphatic heterocycles. The van der Waals surface area contributed by atoms with Crippen LogP contribution in [0.5, 0.6) is 0 Å². The standard InChI is InChI=1S/C12H17F4NO3S/c1-2-3-4-5-6-7-11(13,10(17)18)21(19,20)9-8-12(14,15)16/h1H,3-9H2,(H2,17,18). The minimum Gasteiger partial charge on any atom is -0.366 e. The van der Waals surface area contributed by atoms with E-state index in [1.165, 1.54) is 0 Å². The van der Waals surface area contributed by atoms with Gasteiger partial charge in [0.2, 0.25) is 0 Å². The highest BCUT2D eigenvalue weighted by atomic mass is 32.2. The fraction of sp³-hybridized carbons (Fsp3) is 0.750. The van der Waals surface area contributed by atoms with E-state index in [1.807, 2.05) is 0 Å². The van der Waals surface area contributed by atoms with Crippen LogP contribution in [0.4, 0.5) is 17.6 Å². The molecule has 0 spiro atoms. The molecular weight excluding hydrogens is 314 g/mol. The molecule has 1 unspecified atom stereocenters. The average Bonchev–Trinajstić information content (AvgIpc) is 2.34. The number of alkyl halides is 4. The molecule has 1 amide bonds. The molecule has 0 saturated carbocycles. The van der Waals surface area contributed by atoms with Crippen LogP contribution in [0.25, 0.3) is 0 Å². The van der Waals surface area contributed by atoms with E-state index in [2.05, 4.69) is 5.92 Å². The first-order chi connectivity index (χ1) is 9.46. The maximum absolute atomic E-state index is 14.3. The second kappa shape index (κ2) is 7.64. The molecule has 0 aromatic carbocycles. The van der Waals surface area contributed by atoms with E-state index >= 15 is 0 Å². The zero-order valence-corrected chi connectivity index (χ0v) is 12.1. The highest BCUT2D eigenvalue weighted by Gasteiger charge is 2.50. The fourth-order valence-electron chi connectivity index (χ4n) is 1.60. The first kappa shape index (κ1) is 19.7. The van der Waals surface area contributed by atoms with Crippen LogP contribution in [0.3, 0.4) is 0 Å². The van der Waals surface area contributed by atoms with Crippen LogP contribution in [0.2, 0.25) is 0 Å². The van der Waals surface area contributed by atoms with Crippen molar-refractivity contribution in [2.45, 2.75) is 49.7 Å². The zero-order chi connectivity index (χ0) is 16.7. The minimum atomic E-state index is -4.95. The molecule has 4 nitrogen and oxygen atoms in total. The Morgan fingerprint density at radius 3 is 2.10 bits per heavy atom. The van der Waals surface area contributed by atoms with Crippen molar-refractivity contribution in [2.24, 2.45) is 5.73 Å². The largest absolute Gasteiger partial charge is 0.390 e. The van der Waals surface area contributed by atoms with Crippen LogP contribution in [-0.4, -0.2) is 31.3 Å². The fourth-order valence-corrected chi connectivity index (χ4v) is 3.19. The van der Waals surface area contributed by atoms with Crippen molar-refractivity contribution in [1.82, 2.24) is 0 Å². The van der Waals surface area contributed by atoms with Gasteiger partial charge in [0.15, 0.2) is 9.84 Å². The van der Waals surface area contributed by atoms with Crippen LogP contribution < -0.4 is 5.73 Å². The monoisotopic (exact) mass is 331 g/mol. The van der Waals surface area contributed by atoms with Gasteiger partial charge in [-0.1, -0.05) is 6.42 Å². The van der Waals surface area contributed by atoms with E-state index in [-0.39, 0.29) is 6.42 Å². The highest BCUT2D eigenvalue weighted by molar-refractivity contribution is 7.93. The molecule has 9 heteroatoms. The smallest absolute Gasteiger partial charge is 0.366 e. The van der Waals surface area contributed by atoms with Crippen LogP contribution in [0.15, 0.2) is 0 Å². The Morgan fingerprint density at radius 1 is 1.10 bits per heavy atom. The van der Waals surface area contributed by atoms with Gasteiger partial charge in [-0.3, -0.25) is 4.79 Å². The Balaban J connectivity index is 4.85. The topological polar surface area (TPSA) is 77.2 Å². The third-order valence-corrected chi connectivity index (χ3v) is 4.97. The number of rotatable bonds is 9. The molecule has 0 radical (unpaired) electrons. The van der Waals surface area contributed by atoms with Gasteiger partial charge in [-0.05, 0) is 12.8 Å². The number of nitrogens with two attached hydrogens (primary N) is 1. The van der Waals surface area contributed by atoms with Crippen molar-refractivity contribution in [2.75, 3.05) is 5.75 Å². The molecule has 1 atom stereocenters. The SMILES string of the molecule is C#CCCCCCC(F)(C(N)=O)S(=O)(=O)CCC(F)(F)F. The van der Waals surface area contributed by atoms with Gasteiger partial charge in [-0.15, -0.1) is 12.3 Å². The van der Waals surface area contributed by atoms with Crippen LogP contribution in [0, 0.1) is 12.3 Å². The second-order valence-corrected chi connectivity index (χ2v) is 6.83. The van der Waals surface area contributed by atoms with Gasteiger partial charge in [0.1, 0.15) is 0 Å². The van der Waals surface area contributed by atoms with Crippen molar-refractivity contribution in [1.29, 1.82) is 0 Å². The lowest BCUT2D eigenvalue weighted by Gasteiger charge is -2.22. The van der Waals surface area contributed by atoms with Crippen molar-refractivity contribution >= 4 is 15.7 Å².